The molecule has 0 saturated heterocycles. The van der Waals surface area contributed by atoms with Crippen LogP contribution in [0.5, 0.6) is 0 Å². The van der Waals surface area contributed by atoms with Gasteiger partial charge in [0.15, 0.2) is 0 Å². The lowest BCUT2D eigenvalue weighted by atomic mass is 9.94. The summed E-state index contributed by atoms with van der Waals surface area (Å²) >= 11 is 0. The number of oxime groups is 1. The average Bonchev–Trinajstić information content (AvgIpc) is 2.29. The lowest BCUT2D eigenvalue weighted by Crippen LogP contribution is -2.39. The highest BCUT2D eigenvalue weighted by Gasteiger charge is 2.20. The van der Waals surface area contributed by atoms with Crippen molar-refractivity contribution in [3.8, 4) is 0 Å². The molecule has 1 aliphatic rings. The van der Waals surface area contributed by atoms with E-state index in [4.69, 9.17) is 5.21 Å². The molecule has 0 spiro atoms. The van der Waals surface area contributed by atoms with E-state index in [1.165, 1.54) is 32.1 Å². The largest absolute Gasteiger partial charge is 0.411 e. The fourth-order valence-corrected chi connectivity index (χ4v) is 2.28. The van der Waals surface area contributed by atoms with Crippen LogP contribution >= 0.6 is 0 Å². The van der Waals surface area contributed by atoms with Gasteiger partial charge in [-0.25, -0.2) is 0 Å². The Hall–Kier alpha value is -0.830. The summed E-state index contributed by atoms with van der Waals surface area (Å²) in [6.07, 6.45) is 8.49. The molecule has 0 aromatic rings. The van der Waals surface area contributed by atoms with Gasteiger partial charge < -0.3 is 5.21 Å². The number of hydrogen-bond donors (Lipinski definition) is 1. The van der Waals surface area contributed by atoms with Crippen molar-refractivity contribution in [3.63, 3.8) is 0 Å². The molecule has 3 nitrogen and oxygen atoms in total. The van der Waals surface area contributed by atoms with Gasteiger partial charge in [0.25, 0.3) is 0 Å². The van der Waals surface area contributed by atoms with Gasteiger partial charge in [-0.3, -0.25) is 4.90 Å². The van der Waals surface area contributed by atoms with E-state index in [1.807, 2.05) is 13.0 Å². The molecule has 0 heterocycles. The molecule has 3 heteroatoms. The highest BCUT2D eigenvalue weighted by atomic mass is 16.4. The Morgan fingerprint density at radius 2 is 2.13 bits per heavy atom. The number of hydrogen-bond acceptors (Lipinski definition) is 3. The third-order valence-electron chi connectivity index (χ3n) is 3.06. The summed E-state index contributed by atoms with van der Waals surface area (Å²) in [7, 11) is 0. The van der Waals surface area contributed by atoms with Crippen LogP contribution in [0.15, 0.2) is 17.8 Å². The summed E-state index contributed by atoms with van der Waals surface area (Å²) < 4.78 is 0. The maximum Gasteiger partial charge on any atom is 0.0680 e. The van der Waals surface area contributed by atoms with E-state index in [9.17, 15) is 0 Å². The molecule has 0 atom stereocenters. The van der Waals surface area contributed by atoms with Crippen molar-refractivity contribution >= 4 is 5.71 Å². The molecule has 0 radical (unpaired) electrons. The maximum atomic E-state index is 8.69. The van der Waals surface area contributed by atoms with Crippen LogP contribution in [0.2, 0.25) is 0 Å². The summed E-state index contributed by atoms with van der Waals surface area (Å²) in [5.41, 5.74) is 0.780. The van der Waals surface area contributed by atoms with Crippen LogP contribution in [0.25, 0.3) is 0 Å². The summed E-state index contributed by atoms with van der Waals surface area (Å²) in [5.74, 6) is 0. The smallest absolute Gasteiger partial charge is 0.0680 e. The predicted octanol–water partition coefficient (Wildman–Crippen LogP) is 2.66. The molecule has 1 saturated carbocycles. The second-order valence-corrected chi connectivity index (χ2v) is 4.35. The van der Waals surface area contributed by atoms with Gasteiger partial charge in [-0.1, -0.05) is 30.5 Å². The Morgan fingerprint density at radius 3 is 2.67 bits per heavy atom. The van der Waals surface area contributed by atoms with Crippen molar-refractivity contribution in [3.05, 3.63) is 12.7 Å². The zero-order valence-corrected chi connectivity index (χ0v) is 9.65. The molecule has 1 rings (SSSR count). The average molecular weight is 210 g/mol. The van der Waals surface area contributed by atoms with Gasteiger partial charge in [0.1, 0.15) is 0 Å². The van der Waals surface area contributed by atoms with Crippen molar-refractivity contribution in [1.29, 1.82) is 0 Å². The first kappa shape index (κ1) is 12.2. The monoisotopic (exact) mass is 210 g/mol. The molecule has 0 amide bonds. The van der Waals surface area contributed by atoms with Crippen molar-refractivity contribution in [2.24, 2.45) is 5.16 Å². The molecule has 1 fully saturated rings. The molecular weight excluding hydrogens is 188 g/mol. The summed E-state index contributed by atoms with van der Waals surface area (Å²) in [4.78, 5) is 2.36. The SMILES string of the molecule is C=CCN(C/C(C)=N/O)C1CCCCC1. The molecule has 0 unspecified atom stereocenters. The number of rotatable bonds is 5. The number of nitrogens with zero attached hydrogens (tertiary/aromatic N) is 2. The first-order chi connectivity index (χ1) is 7.27. The van der Waals surface area contributed by atoms with Gasteiger partial charge >= 0.3 is 0 Å². The highest BCUT2D eigenvalue weighted by Crippen LogP contribution is 2.22. The van der Waals surface area contributed by atoms with Crippen LogP contribution in [-0.2, 0) is 0 Å². The molecule has 0 aromatic heterocycles. The molecule has 1 aliphatic carbocycles. The van der Waals surface area contributed by atoms with Gasteiger partial charge in [-0.2, -0.15) is 0 Å². The first-order valence-corrected chi connectivity index (χ1v) is 5.80. The van der Waals surface area contributed by atoms with Gasteiger partial charge in [0, 0.05) is 19.1 Å². The summed E-state index contributed by atoms with van der Waals surface area (Å²) in [6, 6.07) is 0.647. The van der Waals surface area contributed by atoms with E-state index in [0.717, 1.165) is 18.8 Å². The van der Waals surface area contributed by atoms with E-state index in [-0.39, 0.29) is 0 Å². The minimum Gasteiger partial charge on any atom is -0.411 e. The van der Waals surface area contributed by atoms with Crippen LogP contribution in [0.1, 0.15) is 39.0 Å². The standard InChI is InChI=1S/C12H22N2O/c1-3-9-14(10-11(2)13-15)12-7-5-4-6-8-12/h3,12,15H,1,4-10H2,2H3/b13-11+. The van der Waals surface area contributed by atoms with E-state index >= 15 is 0 Å². The van der Waals surface area contributed by atoms with Crippen LogP contribution in [0, 0.1) is 0 Å². The first-order valence-electron chi connectivity index (χ1n) is 5.80. The van der Waals surface area contributed by atoms with Gasteiger partial charge in [-0.15, -0.1) is 6.58 Å². The third-order valence-corrected chi connectivity index (χ3v) is 3.06. The van der Waals surface area contributed by atoms with Crippen LogP contribution in [-0.4, -0.2) is 35.0 Å². The topological polar surface area (TPSA) is 35.8 Å². The molecule has 15 heavy (non-hydrogen) atoms. The highest BCUT2D eigenvalue weighted by molar-refractivity contribution is 5.83. The minimum atomic E-state index is 0.647. The van der Waals surface area contributed by atoms with E-state index in [1.54, 1.807) is 0 Å². The Labute approximate surface area is 92.5 Å². The summed E-state index contributed by atoms with van der Waals surface area (Å²) in [6.45, 7) is 7.29. The Bertz CT molecular complexity index is 220. The minimum absolute atomic E-state index is 0.647. The van der Waals surface area contributed by atoms with E-state index in [0.29, 0.717) is 6.04 Å². The van der Waals surface area contributed by atoms with Crippen LogP contribution < -0.4 is 0 Å². The fraction of sp³-hybridized carbons (Fsp3) is 0.750. The molecule has 0 aromatic carbocycles. The normalized spacial score (nSPS) is 19.5. The molecule has 1 N–H and O–H groups in total. The third kappa shape index (κ3) is 4.04. The molecule has 0 aliphatic heterocycles. The van der Waals surface area contributed by atoms with Crippen LogP contribution in [0.4, 0.5) is 0 Å². The van der Waals surface area contributed by atoms with Gasteiger partial charge in [0.05, 0.1) is 5.71 Å². The van der Waals surface area contributed by atoms with Crippen molar-refractivity contribution in [2.45, 2.75) is 45.1 Å². The van der Waals surface area contributed by atoms with Crippen molar-refractivity contribution < 1.29 is 5.21 Å². The zero-order valence-electron chi connectivity index (χ0n) is 9.65. The Balaban J connectivity index is 2.50. The summed E-state index contributed by atoms with van der Waals surface area (Å²) in [5, 5.41) is 11.9. The van der Waals surface area contributed by atoms with Crippen LogP contribution in [0.3, 0.4) is 0 Å². The predicted molar refractivity (Wildman–Crippen MR) is 63.5 cm³/mol. The van der Waals surface area contributed by atoms with E-state index in [2.05, 4.69) is 16.6 Å². The quantitative estimate of drug-likeness (QED) is 0.328. The zero-order chi connectivity index (χ0) is 11.1. The van der Waals surface area contributed by atoms with Gasteiger partial charge in [0.2, 0.25) is 0 Å². The van der Waals surface area contributed by atoms with Gasteiger partial charge in [-0.05, 0) is 19.8 Å². The Kier molecular flexibility index (Phi) is 5.40. The van der Waals surface area contributed by atoms with E-state index < -0.39 is 0 Å². The van der Waals surface area contributed by atoms with Crippen molar-refractivity contribution in [2.75, 3.05) is 13.1 Å². The Morgan fingerprint density at radius 1 is 1.47 bits per heavy atom. The lowest BCUT2D eigenvalue weighted by molar-refractivity contribution is 0.192. The molecule has 0 bridgehead atoms. The lowest BCUT2D eigenvalue weighted by Gasteiger charge is -2.33. The molecular formula is C12H22N2O. The molecule has 86 valence electrons. The second kappa shape index (κ2) is 6.62. The van der Waals surface area contributed by atoms with Crippen molar-refractivity contribution in [1.82, 2.24) is 4.90 Å². The maximum absolute atomic E-state index is 8.69. The fourth-order valence-electron chi connectivity index (χ4n) is 2.28. The second-order valence-electron chi connectivity index (χ2n) is 4.35.